The van der Waals surface area contributed by atoms with Crippen LogP contribution in [0.2, 0.25) is 0 Å². The molecule has 0 aromatic heterocycles. The summed E-state index contributed by atoms with van der Waals surface area (Å²) in [5.74, 6) is -0.131. The van der Waals surface area contributed by atoms with Crippen LogP contribution in [-0.2, 0) is 22.5 Å². The molecule has 1 aromatic carbocycles. The van der Waals surface area contributed by atoms with Crippen LogP contribution in [-0.4, -0.2) is 25.2 Å². The second-order valence-electron chi connectivity index (χ2n) is 5.08. The zero-order valence-corrected chi connectivity index (χ0v) is 11.2. The van der Waals surface area contributed by atoms with Gasteiger partial charge in [0.15, 0.2) is 0 Å². The van der Waals surface area contributed by atoms with Crippen LogP contribution in [0.25, 0.3) is 0 Å². The second-order valence-corrected chi connectivity index (χ2v) is 5.08. The van der Waals surface area contributed by atoms with Crippen LogP contribution >= 0.6 is 0 Å². The van der Waals surface area contributed by atoms with Gasteiger partial charge in [-0.15, -0.1) is 0 Å². The smallest absolute Gasteiger partial charge is 0.256 e. The number of hydrogen-bond acceptors (Lipinski definition) is 3. The molecule has 4 heteroatoms. The van der Waals surface area contributed by atoms with Crippen LogP contribution in [0.15, 0.2) is 18.2 Å². The fraction of sp³-hybridized carbons (Fsp3) is 0.500. The van der Waals surface area contributed by atoms with Crippen LogP contribution in [0.1, 0.15) is 25.0 Å². The predicted molar refractivity (Wildman–Crippen MR) is 71.6 cm³/mol. The number of fused-ring (bicyclic) bond motifs is 1. The van der Waals surface area contributed by atoms with E-state index in [2.05, 4.69) is 16.7 Å². The van der Waals surface area contributed by atoms with Crippen molar-refractivity contribution in [1.29, 1.82) is 0 Å². The summed E-state index contributed by atoms with van der Waals surface area (Å²) in [6, 6.07) is 6.07. The van der Waals surface area contributed by atoms with E-state index in [1.807, 2.05) is 12.1 Å². The van der Waals surface area contributed by atoms with E-state index in [1.165, 1.54) is 18.2 Å². The first-order valence-corrected chi connectivity index (χ1v) is 6.22. The zero-order chi connectivity index (χ0) is 13.2. The molecule has 0 atom stereocenters. The Morgan fingerprint density at radius 3 is 2.89 bits per heavy atom. The Bertz CT molecular complexity index is 455. The highest BCUT2D eigenvalue weighted by Crippen LogP contribution is 2.20. The van der Waals surface area contributed by atoms with Gasteiger partial charge in [-0.2, -0.15) is 0 Å². The molecule has 18 heavy (non-hydrogen) atoms. The Labute approximate surface area is 108 Å². The number of anilines is 1. The van der Waals surface area contributed by atoms with Crippen LogP contribution < -0.4 is 10.6 Å². The maximum atomic E-state index is 12.0. The second kappa shape index (κ2) is 5.08. The zero-order valence-electron chi connectivity index (χ0n) is 11.2. The molecule has 0 spiro atoms. The normalized spacial score (nSPS) is 15.1. The summed E-state index contributed by atoms with van der Waals surface area (Å²) in [4.78, 5) is 12.0. The van der Waals surface area contributed by atoms with Crippen molar-refractivity contribution in [1.82, 2.24) is 5.32 Å². The number of hydrogen-bond donors (Lipinski definition) is 2. The molecule has 1 aromatic rings. The summed E-state index contributed by atoms with van der Waals surface area (Å²) in [5, 5.41) is 6.22. The third kappa shape index (κ3) is 2.71. The molecule has 0 unspecified atom stereocenters. The van der Waals surface area contributed by atoms with Gasteiger partial charge in [-0.3, -0.25) is 4.79 Å². The monoisotopic (exact) mass is 248 g/mol. The largest absolute Gasteiger partial charge is 0.369 e. The van der Waals surface area contributed by atoms with Crippen LogP contribution in [0.3, 0.4) is 0 Å². The van der Waals surface area contributed by atoms with Crippen molar-refractivity contribution in [3.63, 3.8) is 0 Å². The molecule has 0 aliphatic carbocycles. The summed E-state index contributed by atoms with van der Waals surface area (Å²) < 4.78 is 5.16. The van der Waals surface area contributed by atoms with E-state index in [9.17, 15) is 4.79 Å². The third-order valence-corrected chi connectivity index (χ3v) is 3.41. The van der Waals surface area contributed by atoms with Gasteiger partial charge in [0.25, 0.3) is 5.91 Å². The Kier molecular flexibility index (Phi) is 3.68. The number of amides is 1. The van der Waals surface area contributed by atoms with E-state index in [0.29, 0.717) is 0 Å². The van der Waals surface area contributed by atoms with Crippen LogP contribution in [0.4, 0.5) is 5.69 Å². The maximum absolute atomic E-state index is 12.0. The maximum Gasteiger partial charge on any atom is 0.256 e. The van der Waals surface area contributed by atoms with Gasteiger partial charge < -0.3 is 15.4 Å². The molecule has 0 bridgehead atoms. The average molecular weight is 248 g/mol. The molecule has 2 rings (SSSR count). The fourth-order valence-corrected chi connectivity index (χ4v) is 1.93. The number of benzene rings is 1. The molecule has 98 valence electrons. The first-order chi connectivity index (χ1) is 8.53. The molecule has 1 aliphatic rings. The lowest BCUT2D eigenvalue weighted by molar-refractivity contribution is -0.133. The number of ether oxygens (including phenoxy) is 1. The first kappa shape index (κ1) is 13.1. The molecule has 1 amide bonds. The minimum Gasteiger partial charge on any atom is -0.369 e. The van der Waals surface area contributed by atoms with Crippen molar-refractivity contribution in [2.24, 2.45) is 0 Å². The van der Waals surface area contributed by atoms with Crippen LogP contribution in [0.5, 0.6) is 0 Å². The van der Waals surface area contributed by atoms with E-state index in [1.54, 1.807) is 13.8 Å². The van der Waals surface area contributed by atoms with Crippen molar-refractivity contribution in [3.8, 4) is 0 Å². The van der Waals surface area contributed by atoms with Crippen LogP contribution in [0, 0.1) is 0 Å². The van der Waals surface area contributed by atoms with E-state index in [0.717, 1.165) is 25.2 Å². The van der Waals surface area contributed by atoms with Crippen molar-refractivity contribution in [2.45, 2.75) is 32.4 Å². The molecule has 1 aliphatic heterocycles. The van der Waals surface area contributed by atoms with Gasteiger partial charge in [-0.1, -0.05) is 6.07 Å². The minimum absolute atomic E-state index is 0.131. The average Bonchev–Trinajstić information content (AvgIpc) is 2.38. The van der Waals surface area contributed by atoms with Crippen molar-refractivity contribution >= 4 is 11.6 Å². The first-order valence-electron chi connectivity index (χ1n) is 6.22. The van der Waals surface area contributed by atoms with Crippen molar-refractivity contribution < 1.29 is 9.53 Å². The van der Waals surface area contributed by atoms with E-state index < -0.39 is 5.60 Å². The SMILES string of the molecule is COC(C)(C)C(=O)Nc1ccc2c(c1)CNCC2. The van der Waals surface area contributed by atoms with E-state index in [-0.39, 0.29) is 5.91 Å². The molecule has 0 saturated carbocycles. The molecule has 1 heterocycles. The molecule has 0 fully saturated rings. The number of rotatable bonds is 3. The van der Waals surface area contributed by atoms with Gasteiger partial charge >= 0.3 is 0 Å². The molecule has 0 saturated heterocycles. The predicted octanol–water partition coefficient (Wildman–Crippen LogP) is 1.70. The van der Waals surface area contributed by atoms with Gasteiger partial charge in [0, 0.05) is 19.3 Å². The number of methoxy groups -OCH3 is 1. The highest BCUT2D eigenvalue weighted by Gasteiger charge is 2.27. The van der Waals surface area contributed by atoms with E-state index >= 15 is 0 Å². The lowest BCUT2D eigenvalue weighted by Gasteiger charge is -2.23. The summed E-state index contributed by atoms with van der Waals surface area (Å²) in [6.07, 6.45) is 1.05. The summed E-state index contributed by atoms with van der Waals surface area (Å²) in [6.45, 7) is 5.40. The van der Waals surface area contributed by atoms with Gasteiger partial charge in [-0.25, -0.2) is 0 Å². The topological polar surface area (TPSA) is 50.4 Å². The van der Waals surface area contributed by atoms with Crippen molar-refractivity contribution in [3.05, 3.63) is 29.3 Å². The molecule has 2 N–H and O–H groups in total. The van der Waals surface area contributed by atoms with E-state index in [4.69, 9.17) is 4.74 Å². The highest BCUT2D eigenvalue weighted by molar-refractivity contribution is 5.96. The highest BCUT2D eigenvalue weighted by atomic mass is 16.5. The summed E-state index contributed by atoms with van der Waals surface area (Å²) in [5.41, 5.74) is 2.63. The lowest BCUT2D eigenvalue weighted by atomic mass is 10.00. The van der Waals surface area contributed by atoms with Gasteiger partial charge in [0.2, 0.25) is 0 Å². The molecule has 0 radical (unpaired) electrons. The Morgan fingerprint density at radius 2 is 2.17 bits per heavy atom. The van der Waals surface area contributed by atoms with Gasteiger partial charge in [-0.05, 0) is 50.1 Å². The Morgan fingerprint density at radius 1 is 1.39 bits per heavy atom. The fourth-order valence-electron chi connectivity index (χ4n) is 1.93. The number of carbonyl (C=O) groups is 1. The summed E-state index contributed by atoms with van der Waals surface area (Å²) >= 11 is 0. The van der Waals surface area contributed by atoms with Gasteiger partial charge in [0.1, 0.15) is 5.60 Å². The standard InChI is InChI=1S/C14H20N2O2/c1-14(2,18-3)13(17)16-12-5-4-10-6-7-15-9-11(10)8-12/h4-5,8,15H,6-7,9H2,1-3H3,(H,16,17). The quantitative estimate of drug-likeness (QED) is 0.856. The number of nitrogens with one attached hydrogen (secondary N) is 2. The lowest BCUT2D eigenvalue weighted by Crippen LogP contribution is -2.38. The Hall–Kier alpha value is -1.39. The number of carbonyl (C=O) groups excluding carboxylic acids is 1. The summed E-state index contributed by atoms with van der Waals surface area (Å²) in [7, 11) is 1.54. The third-order valence-electron chi connectivity index (χ3n) is 3.41. The minimum atomic E-state index is -0.811. The van der Waals surface area contributed by atoms with Crippen molar-refractivity contribution in [2.75, 3.05) is 19.0 Å². The molecule has 4 nitrogen and oxygen atoms in total. The van der Waals surface area contributed by atoms with Gasteiger partial charge in [0.05, 0.1) is 0 Å². The molecular formula is C14H20N2O2. The molecular weight excluding hydrogens is 228 g/mol. The Balaban J connectivity index is 2.13.